The molecule has 2 N–H and O–H groups in total. The number of carbonyl (C=O) groups excluding carboxylic acids is 1. The van der Waals surface area contributed by atoms with Gasteiger partial charge < -0.3 is 5.32 Å². The lowest BCUT2D eigenvalue weighted by Crippen LogP contribution is -2.28. The number of amides is 1. The van der Waals surface area contributed by atoms with Gasteiger partial charge in [0.15, 0.2) is 0 Å². The number of sulfonamides is 1. The van der Waals surface area contributed by atoms with E-state index in [1.165, 1.54) is 0 Å². The van der Waals surface area contributed by atoms with Crippen molar-refractivity contribution in [1.29, 1.82) is 0 Å². The van der Waals surface area contributed by atoms with Crippen LogP contribution < -0.4 is 10.0 Å². The van der Waals surface area contributed by atoms with E-state index in [2.05, 4.69) is 20.2 Å². The molecule has 0 radical (unpaired) electrons. The molecule has 0 saturated heterocycles. The molecule has 9 heteroatoms. The zero-order valence-corrected chi connectivity index (χ0v) is 16.3. The summed E-state index contributed by atoms with van der Waals surface area (Å²) in [6.07, 6.45) is 0.881. The molecule has 0 aliphatic heterocycles. The molecule has 0 aliphatic rings. The molecule has 25 heavy (non-hydrogen) atoms. The Bertz CT molecular complexity index is 862. The summed E-state index contributed by atoms with van der Waals surface area (Å²) < 4.78 is 27.7. The molecule has 0 bridgehead atoms. The molecule has 2 rings (SSSR count). The van der Waals surface area contributed by atoms with Crippen LogP contribution in [0.3, 0.4) is 0 Å². The quantitative estimate of drug-likeness (QED) is 0.717. The Balaban J connectivity index is 2.22. The number of aromatic nitrogens is 2. The summed E-state index contributed by atoms with van der Waals surface area (Å²) in [5.74, 6) is -0.241. The van der Waals surface area contributed by atoms with E-state index in [9.17, 15) is 13.2 Å². The highest BCUT2D eigenvalue weighted by Gasteiger charge is 2.25. The highest BCUT2D eigenvalue weighted by molar-refractivity contribution is 7.91. The number of aryl methyl sites for hydroxylation is 2. The van der Waals surface area contributed by atoms with Crippen molar-refractivity contribution in [3.05, 3.63) is 34.9 Å². The second-order valence-electron chi connectivity index (χ2n) is 5.72. The van der Waals surface area contributed by atoms with Crippen LogP contribution in [0.25, 0.3) is 0 Å². The van der Waals surface area contributed by atoms with Gasteiger partial charge in [-0.15, -0.1) is 10.2 Å². The summed E-state index contributed by atoms with van der Waals surface area (Å²) in [5.41, 5.74) is 3.09. The molecule has 1 aromatic heterocycles. The van der Waals surface area contributed by atoms with Gasteiger partial charge in [-0.05, 0) is 31.4 Å². The molecule has 1 aromatic carbocycles. The largest absolute Gasteiger partial charge is 0.301 e. The number of benzene rings is 1. The minimum atomic E-state index is -3.82. The molecular weight excluding hydrogens is 360 g/mol. The van der Waals surface area contributed by atoms with Crippen LogP contribution in [-0.4, -0.2) is 24.5 Å². The predicted octanol–water partition coefficient (Wildman–Crippen LogP) is 2.93. The number of hydrogen-bond acceptors (Lipinski definition) is 6. The van der Waals surface area contributed by atoms with E-state index in [1.807, 2.05) is 39.0 Å². The molecule has 1 amide bonds. The fourth-order valence-corrected chi connectivity index (χ4v) is 4.63. The Morgan fingerprint density at radius 1 is 1.24 bits per heavy atom. The van der Waals surface area contributed by atoms with Crippen molar-refractivity contribution in [2.75, 3.05) is 5.32 Å². The van der Waals surface area contributed by atoms with Gasteiger partial charge in [-0.3, -0.25) is 4.79 Å². The first-order valence-electron chi connectivity index (χ1n) is 7.99. The summed E-state index contributed by atoms with van der Waals surface area (Å²) >= 11 is 0.833. The molecule has 1 heterocycles. The Hall–Kier alpha value is -1.84. The van der Waals surface area contributed by atoms with Gasteiger partial charge in [0, 0.05) is 12.5 Å². The van der Waals surface area contributed by atoms with Crippen molar-refractivity contribution in [2.24, 2.45) is 0 Å². The Labute approximate surface area is 151 Å². The molecule has 2 aromatic rings. The van der Waals surface area contributed by atoms with E-state index < -0.39 is 10.0 Å². The maximum Gasteiger partial charge on any atom is 0.270 e. The monoisotopic (exact) mass is 382 g/mol. The van der Waals surface area contributed by atoms with E-state index in [1.54, 1.807) is 6.92 Å². The van der Waals surface area contributed by atoms with Gasteiger partial charge in [0.25, 0.3) is 10.0 Å². The normalized spacial score (nSPS) is 12.8. The average molecular weight is 383 g/mol. The number of hydrogen-bond donors (Lipinski definition) is 2. The van der Waals surface area contributed by atoms with Gasteiger partial charge >= 0.3 is 0 Å². The number of anilines is 1. The average Bonchev–Trinajstić information content (AvgIpc) is 3.02. The van der Waals surface area contributed by atoms with E-state index in [0.717, 1.165) is 28.0 Å². The summed E-state index contributed by atoms with van der Waals surface area (Å²) in [4.78, 5) is 11.4. The van der Waals surface area contributed by atoms with Crippen molar-refractivity contribution in [3.8, 4) is 0 Å². The molecule has 136 valence electrons. The molecule has 0 saturated carbocycles. The number of rotatable bonds is 7. The van der Waals surface area contributed by atoms with Crippen molar-refractivity contribution in [2.45, 2.75) is 50.9 Å². The highest BCUT2D eigenvalue weighted by atomic mass is 32.2. The lowest BCUT2D eigenvalue weighted by atomic mass is 9.98. The van der Waals surface area contributed by atoms with E-state index >= 15 is 0 Å². The topological polar surface area (TPSA) is 101 Å². The third-order valence-electron chi connectivity index (χ3n) is 3.71. The van der Waals surface area contributed by atoms with Crippen molar-refractivity contribution in [3.63, 3.8) is 0 Å². The van der Waals surface area contributed by atoms with Crippen molar-refractivity contribution >= 4 is 32.4 Å². The van der Waals surface area contributed by atoms with Crippen LogP contribution in [0.5, 0.6) is 0 Å². The fraction of sp³-hybridized carbons (Fsp3) is 0.438. The van der Waals surface area contributed by atoms with E-state index in [4.69, 9.17) is 0 Å². The Kier molecular flexibility index (Phi) is 6.26. The number of nitrogens with one attached hydrogen (secondary N) is 2. The van der Waals surface area contributed by atoms with Crippen molar-refractivity contribution < 1.29 is 13.2 Å². The first kappa shape index (κ1) is 19.5. The Morgan fingerprint density at radius 2 is 1.96 bits per heavy atom. The standard InChI is InChI=1S/C16H22N4O3S2/c1-5-13(12-8-7-10(3)9-11(12)4)20-25(22,23)16-19-18-15(24-16)17-14(21)6-2/h7-9,13,20H,5-6H2,1-4H3,(H,17,18,21)/t13-/m1/s1. The van der Waals surface area contributed by atoms with E-state index in [0.29, 0.717) is 6.42 Å². The minimum Gasteiger partial charge on any atom is -0.301 e. The molecular formula is C16H22N4O3S2. The van der Waals surface area contributed by atoms with Crippen LogP contribution in [0.2, 0.25) is 0 Å². The van der Waals surface area contributed by atoms with Crippen LogP contribution >= 0.6 is 11.3 Å². The van der Waals surface area contributed by atoms with Gasteiger partial charge in [0.05, 0.1) is 0 Å². The summed E-state index contributed by atoms with van der Waals surface area (Å²) in [5, 5.41) is 10.1. The molecule has 7 nitrogen and oxygen atoms in total. The number of carbonyl (C=O) groups is 1. The first-order chi connectivity index (χ1) is 11.8. The van der Waals surface area contributed by atoms with Crippen LogP contribution in [0.4, 0.5) is 5.13 Å². The highest BCUT2D eigenvalue weighted by Crippen LogP contribution is 2.26. The van der Waals surface area contributed by atoms with Gasteiger partial charge in [0.1, 0.15) is 0 Å². The zero-order valence-electron chi connectivity index (χ0n) is 14.7. The lowest BCUT2D eigenvalue weighted by Gasteiger charge is -2.19. The third kappa shape index (κ3) is 4.83. The van der Waals surface area contributed by atoms with E-state index in [-0.39, 0.29) is 27.8 Å². The lowest BCUT2D eigenvalue weighted by molar-refractivity contribution is -0.115. The molecule has 0 spiro atoms. The fourth-order valence-electron chi connectivity index (χ4n) is 2.40. The second-order valence-corrected chi connectivity index (χ2v) is 8.58. The maximum atomic E-state index is 12.6. The maximum absolute atomic E-state index is 12.6. The van der Waals surface area contributed by atoms with Gasteiger partial charge in [0.2, 0.25) is 15.4 Å². The SMILES string of the molecule is CCC(=O)Nc1nnc(S(=O)(=O)N[C@H](CC)c2ccc(C)cc2C)s1. The minimum absolute atomic E-state index is 0.165. The van der Waals surface area contributed by atoms with Crippen LogP contribution in [0.15, 0.2) is 22.5 Å². The summed E-state index contributed by atoms with van der Waals surface area (Å²) in [6.45, 7) is 7.57. The number of nitrogens with zero attached hydrogens (tertiary/aromatic N) is 2. The smallest absolute Gasteiger partial charge is 0.270 e. The molecule has 1 atom stereocenters. The Morgan fingerprint density at radius 3 is 2.56 bits per heavy atom. The van der Waals surface area contributed by atoms with Gasteiger partial charge in [-0.25, -0.2) is 13.1 Å². The van der Waals surface area contributed by atoms with Gasteiger partial charge in [-0.1, -0.05) is 48.9 Å². The van der Waals surface area contributed by atoms with Crippen LogP contribution in [0, 0.1) is 13.8 Å². The van der Waals surface area contributed by atoms with Crippen molar-refractivity contribution in [1.82, 2.24) is 14.9 Å². The van der Waals surface area contributed by atoms with Gasteiger partial charge in [-0.2, -0.15) is 0 Å². The predicted molar refractivity (Wildman–Crippen MR) is 98.1 cm³/mol. The molecule has 0 fully saturated rings. The summed E-state index contributed by atoms with van der Waals surface area (Å²) in [7, 11) is -3.82. The molecule has 0 unspecified atom stereocenters. The van der Waals surface area contributed by atoms with Crippen LogP contribution in [-0.2, 0) is 14.8 Å². The first-order valence-corrected chi connectivity index (χ1v) is 10.3. The zero-order chi connectivity index (χ0) is 18.6. The third-order valence-corrected chi connectivity index (χ3v) is 6.39. The molecule has 0 aliphatic carbocycles. The summed E-state index contributed by atoms with van der Waals surface area (Å²) in [6, 6.07) is 5.57. The van der Waals surface area contributed by atoms with Crippen LogP contribution in [0.1, 0.15) is 49.4 Å². The second kappa shape index (κ2) is 8.03.